The SMILES string of the molecule is Nc1c(-c2ccccc2)c2cc(F)ccc2[nH]c1=O. The summed E-state index contributed by atoms with van der Waals surface area (Å²) in [5.74, 6) is -0.365. The molecule has 0 aliphatic carbocycles. The van der Waals surface area contributed by atoms with Gasteiger partial charge in [0.2, 0.25) is 0 Å². The third-order valence-electron chi connectivity index (χ3n) is 3.08. The summed E-state index contributed by atoms with van der Waals surface area (Å²) in [5.41, 5.74) is 7.53. The van der Waals surface area contributed by atoms with Crippen molar-refractivity contribution in [3.05, 3.63) is 64.7 Å². The quantitative estimate of drug-likeness (QED) is 0.701. The Labute approximate surface area is 108 Å². The van der Waals surface area contributed by atoms with Gasteiger partial charge in [0.1, 0.15) is 11.5 Å². The molecule has 19 heavy (non-hydrogen) atoms. The summed E-state index contributed by atoms with van der Waals surface area (Å²) in [7, 11) is 0. The van der Waals surface area contributed by atoms with Crippen molar-refractivity contribution in [2.24, 2.45) is 0 Å². The average Bonchev–Trinajstić information content (AvgIpc) is 2.42. The Bertz CT molecular complexity index is 809. The van der Waals surface area contributed by atoms with Crippen LogP contribution in [-0.2, 0) is 0 Å². The number of aromatic amines is 1. The third-order valence-corrected chi connectivity index (χ3v) is 3.08. The van der Waals surface area contributed by atoms with E-state index in [1.54, 1.807) is 0 Å². The molecular formula is C15H11FN2O. The number of halogens is 1. The van der Waals surface area contributed by atoms with Crippen molar-refractivity contribution < 1.29 is 4.39 Å². The Hall–Kier alpha value is -2.62. The molecule has 0 unspecified atom stereocenters. The number of rotatable bonds is 1. The van der Waals surface area contributed by atoms with Gasteiger partial charge in [-0.1, -0.05) is 30.3 Å². The molecule has 0 atom stereocenters. The first-order chi connectivity index (χ1) is 9.16. The van der Waals surface area contributed by atoms with Gasteiger partial charge in [0, 0.05) is 16.5 Å². The summed E-state index contributed by atoms with van der Waals surface area (Å²) < 4.78 is 13.4. The number of pyridine rings is 1. The van der Waals surface area contributed by atoms with Gasteiger partial charge in [0.05, 0.1) is 0 Å². The Morgan fingerprint density at radius 2 is 1.79 bits per heavy atom. The lowest BCUT2D eigenvalue weighted by Crippen LogP contribution is -2.13. The second-order valence-corrected chi connectivity index (χ2v) is 4.30. The number of anilines is 1. The fourth-order valence-electron chi connectivity index (χ4n) is 2.20. The highest BCUT2D eigenvalue weighted by molar-refractivity contribution is 5.99. The van der Waals surface area contributed by atoms with Crippen molar-refractivity contribution in [3.8, 4) is 11.1 Å². The van der Waals surface area contributed by atoms with Crippen LogP contribution >= 0.6 is 0 Å². The summed E-state index contributed by atoms with van der Waals surface area (Å²) in [6.07, 6.45) is 0. The summed E-state index contributed by atoms with van der Waals surface area (Å²) in [5, 5.41) is 0.600. The van der Waals surface area contributed by atoms with E-state index in [-0.39, 0.29) is 17.1 Å². The molecule has 3 N–H and O–H groups in total. The second kappa shape index (κ2) is 4.24. The van der Waals surface area contributed by atoms with E-state index in [4.69, 9.17) is 5.73 Å². The first-order valence-corrected chi connectivity index (χ1v) is 5.83. The number of nitrogens with one attached hydrogen (secondary N) is 1. The molecule has 94 valence electrons. The number of nitrogens with two attached hydrogens (primary N) is 1. The first-order valence-electron chi connectivity index (χ1n) is 5.83. The van der Waals surface area contributed by atoms with Crippen LogP contribution in [-0.4, -0.2) is 4.98 Å². The van der Waals surface area contributed by atoms with Gasteiger partial charge < -0.3 is 10.7 Å². The van der Waals surface area contributed by atoms with Crippen LogP contribution in [0.15, 0.2) is 53.3 Å². The van der Waals surface area contributed by atoms with E-state index in [0.717, 1.165) is 5.56 Å². The zero-order chi connectivity index (χ0) is 13.4. The minimum absolute atomic E-state index is 0.101. The van der Waals surface area contributed by atoms with Crippen LogP contribution in [0.25, 0.3) is 22.0 Å². The maximum atomic E-state index is 13.4. The monoisotopic (exact) mass is 254 g/mol. The maximum absolute atomic E-state index is 13.4. The molecule has 1 aromatic heterocycles. The van der Waals surface area contributed by atoms with Crippen molar-refractivity contribution in [1.29, 1.82) is 0 Å². The molecule has 0 bridgehead atoms. The highest BCUT2D eigenvalue weighted by atomic mass is 19.1. The Morgan fingerprint density at radius 1 is 1.05 bits per heavy atom. The van der Waals surface area contributed by atoms with Gasteiger partial charge in [-0.05, 0) is 23.8 Å². The molecule has 0 spiro atoms. The van der Waals surface area contributed by atoms with Crippen LogP contribution in [0.1, 0.15) is 0 Å². The van der Waals surface area contributed by atoms with Gasteiger partial charge in [-0.25, -0.2) is 4.39 Å². The maximum Gasteiger partial charge on any atom is 0.272 e. The average molecular weight is 254 g/mol. The Balaban J connectivity index is 2.48. The Kier molecular flexibility index (Phi) is 2.56. The predicted molar refractivity (Wildman–Crippen MR) is 74.4 cm³/mol. The molecule has 0 radical (unpaired) electrons. The van der Waals surface area contributed by atoms with E-state index < -0.39 is 0 Å². The molecule has 0 saturated heterocycles. The molecule has 0 fully saturated rings. The van der Waals surface area contributed by atoms with Gasteiger partial charge in [0.15, 0.2) is 0 Å². The van der Waals surface area contributed by atoms with E-state index in [1.165, 1.54) is 18.2 Å². The molecule has 3 rings (SSSR count). The van der Waals surface area contributed by atoms with Crippen LogP contribution in [0.2, 0.25) is 0 Å². The number of H-pyrrole nitrogens is 1. The fourth-order valence-corrected chi connectivity index (χ4v) is 2.20. The summed E-state index contributed by atoms with van der Waals surface area (Å²) >= 11 is 0. The van der Waals surface area contributed by atoms with Crippen LogP contribution in [0, 0.1) is 5.82 Å². The largest absolute Gasteiger partial charge is 0.394 e. The minimum atomic E-state index is -0.365. The van der Waals surface area contributed by atoms with Gasteiger partial charge in [-0.15, -0.1) is 0 Å². The van der Waals surface area contributed by atoms with Gasteiger partial charge >= 0.3 is 0 Å². The van der Waals surface area contributed by atoms with Crippen LogP contribution < -0.4 is 11.3 Å². The Morgan fingerprint density at radius 3 is 2.53 bits per heavy atom. The predicted octanol–water partition coefficient (Wildman–Crippen LogP) is 2.92. The molecular weight excluding hydrogens is 243 g/mol. The highest BCUT2D eigenvalue weighted by Gasteiger charge is 2.12. The molecule has 0 aliphatic heterocycles. The van der Waals surface area contributed by atoms with Crippen molar-refractivity contribution in [2.45, 2.75) is 0 Å². The number of hydrogen-bond acceptors (Lipinski definition) is 2. The molecule has 4 heteroatoms. The van der Waals surface area contributed by atoms with E-state index in [9.17, 15) is 9.18 Å². The lowest BCUT2D eigenvalue weighted by Gasteiger charge is -2.09. The summed E-state index contributed by atoms with van der Waals surface area (Å²) in [6.45, 7) is 0. The lowest BCUT2D eigenvalue weighted by molar-refractivity contribution is 0.629. The topological polar surface area (TPSA) is 58.9 Å². The fraction of sp³-hybridized carbons (Fsp3) is 0. The first kappa shape index (κ1) is 11.5. The number of hydrogen-bond donors (Lipinski definition) is 2. The zero-order valence-corrected chi connectivity index (χ0v) is 9.98. The molecule has 0 amide bonds. The van der Waals surface area contributed by atoms with Crippen molar-refractivity contribution >= 4 is 16.6 Å². The summed E-state index contributed by atoms with van der Waals surface area (Å²) in [4.78, 5) is 14.5. The minimum Gasteiger partial charge on any atom is -0.394 e. The van der Waals surface area contributed by atoms with Crippen molar-refractivity contribution in [1.82, 2.24) is 4.98 Å². The number of fused-ring (bicyclic) bond motifs is 1. The van der Waals surface area contributed by atoms with Crippen molar-refractivity contribution in [2.75, 3.05) is 5.73 Å². The molecule has 3 aromatic rings. The van der Waals surface area contributed by atoms with E-state index >= 15 is 0 Å². The normalized spacial score (nSPS) is 10.8. The van der Waals surface area contributed by atoms with Gasteiger partial charge in [-0.2, -0.15) is 0 Å². The molecule has 2 aromatic carbocycles. The van der Waals surface area contributed by atoms with Gasteiger partial charge in [0.25, 0.3) is 5.56 Å². The number of aromatic nitrogens is 1. The third kappa shape index (κ3) is 1.87. The molecule has 0 aliphatic rings. The lowest BCUT2D eigenvalue weighted by atomic mass is 9.99. The van der Waals surface area contributed by atoms with Crippen LogP contribution in [0.4, 0.5) is 10.1 Å². The smallest absolute Gasteiger partial charge is 0.272 e. The van der Waals surface area contributed by atoms with E-state index in [0.29, 0.717) is 16.5 Å². The second-order valence-electron chi connectivity index (χ2n) is 4.30. The molecule has 0 saturated carbocycles. The van der Waals surface area contributed by atoms with Crippen molar-refractivity contribution in [3.63, 3.8) is 0 Å². The van der Waals surface area contributed by atoms with Crippen LogP contribution in [0.5, 0.6) is 0 Å². The summed E-state index contributed by atoms with van der Waals surface area (Å²) in [6, 6.07) is 13.5. The van der Waals surface area contributed by atoms with E-state index in [1.807, 2.05) is 30.3 Å². The molecule has 1 heterocycles. The van der Waals surface area contributed by atoms with Gasteiger partial charge in [-0.3, -0.25) is 4.79 Å². The molecule has 3 nitrogen and oxygen atoms in total. The number of benzene rings is 2. The highest BCUT2D eigenvalue weighted by Crippen LogP contribution is 2.30. The van der Waals surface area contributed by atoms with E-state index in [2.05, 4.69) is 4.98 Å². The standard InChI is InChI=1S/C15H11FN2O/c16-10-6-7-12-11(8-10)13(14(17)15(19)18-12)9-4-2-1-3-5-9/h1-8H,17H2,(H,18,19). The van der Waals surface area contributed by atoms with Crippen LogP contribution in [0.3, 0.4) is 0 Å². The number of nitrogen functional groups attached to an aromatic ring is 1. The zero-order valence-electron chi connectivity index (χ0n) is 9.98.